The normalized spacial score (nSPS) is 17.7. The molecule has 4 aliphatic carbocycles. The fourth-order valence-electron chi connectivity index (χ4n) is 16.2. The van der Waals surface area contributed by atoms with Gasteiger partial charge in [-0.3, -0.25) is 48.4 Å². The van der Waals surface area contributed by atoms with Crippen molar-refractivity contribution < 1.29 is 61.6 Å². The second-order valence-electron chi connectivity index (χ2n) is 36.9. The predicted molar refractivity (Wildman–Crippen MR) is 556 cm³/mol. The van der Waals surface area contributed by atoms with Crippen molar-refractivity contribution in [2.75, 3.05) is 102 Å². The third-order valence-corrected chi connectivity index (χ3v) is 26.0. The van der Waals surface area contributed by atoms with E-state index in [1.807, 2.05) is 50.3 Å². The van der Waals surface area contributed by atoms with Crippen LogP contribution in [0.5, 0.6) is 5.75 Å². The number of carbonyl (C=O) groups excluding carboxylic acids is 6. The highest BCUT2D eigenvalue weighted by atomic mass is 35.5. The molecule has 0 bridgehead atoms. The highest BCUT2D eigenvalue weighted by molar-refractivity contribution is 6.34. The molecule has 4 amide bonds. The highest BCUT2D eigenvalue weighted by Gasteiger charge is 2.36. The first-order valence-corrected chi connectivity index (χ1v) is 49.0. The molecule has 21 rings (SSSR count). The molecule has 12 aromatic rings. The van der Waals surface area contributed by atoms with E-state index in [1.54, 1.807) is 104 Å². The number of carbonyl (C=O) groups is 6. The average Bonchev–Trinajstić information content (AvgIpc) is 1.63. The monoisotopic (exact) mass is 2070 g/mol. The smallest absolute Gasteiger partial charge is 0.324 e. The van der Waals surface area contributed by atoms with Crippen LogP contribution < -0.4 is 64.1 Å². The maximum atomic E-state index is 15.0. The van der Waals surface area contributed by atoms with Gasteiger partial charge in [-0.25, -0.2) is 28.7 Å². The van der Waals surface area contributed by atoms with E-state index in [9.17, 15) is 38.3 Å². The Hall–Kier alpha value is -16.2. The lowest BCUT2D eigenvalue weighted by molar-refractivity contribution is -0.153. The fraction of sp³-hybridized carbons (Fsp3) is 0.301. The van der Waals surface area contributed by atoms with E-state index < -0.39 is 42.4 Å². The Morgan fingerprint density at radius 2 is 0.905 bits per heavy atom. The van der Waals surface area contributed by atoms with E-state index in [1.165, 1.54) is 45.9 Å². The molecule has 4 saturated carbocycles. The van der Waals surface area contributed by atoms with Crippen molar-refractivity contribution >= 4 is 187 Å². The molecule has 2 unspecified atom stereocenters. The number of aromatic nitrogens is 12. The number of aliphatic hydroxyl groups excluding tert-OH is 1. The lowest BCUT2D eigenvalue weighted by atomic mass is 10.1. The van der Waals surface area contributed by atoms with Crippen molar-refractivity contribution in [1.82, 2.24) is 83.3 Å². The van der Waals surface area contributed by atoms with Gasteiger partial charge in [0.2, 0.25) is 23.6 Å². The first kappa shape index (κ1) is 102. The van der Waals surface area contributed by atoms with E-state index in [4.69, 9.17) is 90.7 Å². The summed E-state index contributed by atoms with van der Waals surface area (Å²) in [5, 5.41) is 75.9. The number of nitriles is 2. The summed E-state index contributed by atoms with van der Waals surface area (Å²) in [5.41, 5.74) is 23.7. The molecule has 13 heterocycles. The minimum atomic E-state index is -0.791. The Morgan fingerprint density at radius 3 is 1.28 bits per heavy atom. The summed E-state index contributed by atoms with van der Waals surface area (Å²) in [6.45, 7) is 24.6. The third kappa shape index (κ3) is 24.3. The molecule has 40 nitrogen and oxygen atoms in total. The van der Waals surface area contributed by atoms with Gasteiger partial charge in [0.05, 0.1) is 120 Å². The number of morpholine rings is 1. The number of rotatable bonds is 32. The van der Waals surface area contributed by atoms with Crippen molar-refractivity contribution in [3.8, 4) is 17.9 Å². The van der Waals surface area contributed by atoms with Crippen LogP contribution in [-0.4, -0.2) is 215 Å². The highest BCUT2D eigenvalue weighted by Crippen LogP contribution is 2.41. The maximum absolute atomic E-state index is 15.0. The van der Waals surface area contributed by atoms with E-state index in [-0.39, 0.29) is 80.1 Å². The number of likely N-dealkylation sites (tertiary alicyclic amines) is 3. The first-order chi connectivity index (χ1) is 71.3. The number of hydrogen-bond donors (Lipinski definition) is 12. The van der Waals surface area contributed by atoms with E-state index in [2.05, 4.69) is 117 Å². The number of nitrogens with two attached hydrogens (primary N) is 2. The van der Waals surface area contributed by atoms with Crippen molar-refractivity contribution in [1.29, 1.82) is 10.5 Å². The second kappa shape index (κ2) is 44.4. The molecule has 0 radical (unpaired) electrons. The van der Waals surface area contributed by atoms with Crippen molar-refractivity contribution in [2.24, 2.45) is 17.4 Å². The number of fused-ring (bicyclic) bond motifs is 4. The number of nitrogens with one attached hydrogen (secondary N) is 9. The topological polar surface area (TPSA) is 501 Å². The molecular weight excluding hydrogens is 1960 g/mol. The number of allylic oxidation sites excluding steroid dienone is 4. The van der Waals surface area contributed by atoms with Crippen LogP contribution in [0.4, 0.5) is 78.1 Å². The van der Waals surface area contributed by atoms with Gasteiger partial charge in [-0.15, -0.1) is 0 Å². The summed E-state index contributed by atoms with van der Waals surface area (Å²) in [4.78, 5) is 98.1. The summed E-state index contributed by atoms with van der Waals surface area (Å²) in [6.07, 6.45) is 23.1. The fourth-order valence-corrected chi connectivity index (χ4v) is 16.8. The zero-order valence-electron chi connectivity index (χ0n) is 80.7. The zero-order valence-corrected chi connectivity index (χ0v) is 83.0. The van der Waals surface area contributed by atoms with Gasteiger partial charge in [-0.2, -0.15) is 49.0 Å². The number of hydrogen-bond acceptors (Lipinski definition) is 32. The van der Waals surface area contributed by atoms with Crippen molar-refractivity contribution in [2.45, 2.75) is 134 Å². The lowest BCUT2D eigenvalue weighted by Crippen LogP contribution is -2.39. The van der Waals surface area contributed by atoms with Crippen LogP contribution in [0.2, 0.25) is 15.1 Å². The first-order valence-electron chi connectivity index (χ1n) is 47.8. The Bertz CT molecular complexity index is 7560. The summed E-state index contributed by atoms with van der Waals surface area (Å²) in [5.74, 6) is 2.42. The Labute approximate surface area is 861 Å². The molecule has 9 aliphatic rings. The van der Waals surface area contributed by atoms with E-state index in [0.717, 1.165) is 113 Å². The van der Waals surface area contributed by atoms with Crippen LogP contribution in [0.15, 0.2) is 193 Å². The van der Waals surface area contributed by atoms with Crippen LogP contribution in [0, 0.1) is 40.2 Å². The molecule has 5 aliphatic heterocycles. The third-order valence-electron chi connectivity index (χ3n) is 25.2. The number of anilines is 12. The molecule has 2 atom stereocenters. The molecule has 14 N–H and O–H groups in total. The number of ether oxygens (including phenoxy) is 4. The molecule has 8 aromatic heterocycles. The van der Waals surface area contributed by atoms with E-state index >= 15 is 4.39 Å². The number of halogens is 5. The standard InChI is InChI=1S/C27H29ClFN7O3.C27H30FN7O3.C26H25ClN8O3.C23H20ClN7O2/c1-14(2)25(30)27(38)39-13-35-15(3)16(9-24(35)37)8-17-12-31-36-23(32-19-5-6-19)11-22(34-26(17)36)33-21-10-18(28)4-7-20(21)29;1-17-18(13-26(36)30-17)12-19-16-29-35-25(31-20-2-3-20)15-24(33-27(19)35)32-23-5-4-21(14-22(23)28)38-11-8-34-6-9-37-10-7-34;1-14(29)26(37)38-13-34-15(2)17(9-24(34)36)8-18-12-30-35-23(31-19-4-5-19)10-22(33-25(18)35)32-21-6-3-16(11-28)7-20(21)27;1-13-15(8-22(33)30(13)12-32)7-16-11-26-31-21(27-17-3-4-17)9-20(29-23(16)31)28-19-5-2-14(10-25)6-18(19)24/h4,7-8,10-12,14,19,25,32H,3,5-6,9,13,30H2,1-2H3,(H,33,34);4-5,12,14-16,20,31H,1-3,6-11,13H2,(H,30,36)(H,32,33);3,6-8,10,12,14,19,31H,2,4-5,9,13,29H2,1H3,(H,32,33);2,5-7,9,11,17,27,32H,1,3-4,8,12H2,(H,28,29)/b16-8+;18-12+;17-8+;15-7+. The minimum Gasteiger partial charge on any atom is -0.492 e. The quantitative estimate of drug-likeness (QED) is 0.0174. The van der Waals surface area contributed by atoms with Gasteiger partial charge >= 0.3 is 11.9 Å². The Balaban J connectivity index is 0.000000129. The number of nitrogens with zero attached hydrogens (tertiary/aromatic N) is 18. The van der Waals surface area contributed by atoms with Crippen LogP contribution in [0.1, 0.15) is 131 Å². The molecule has 762 valence electrons. The van der Waals surface area contributed by atoms with Gasteiger partial charge in [0.15, 0.2) is 36.1 Å². The van der Waals surface area contributed by atoms with Gasteiger partial charge in [0.25, 0.3) is 0 Å². The predicted octanol–water partition coefficient (Wildman–Crippen LogP) is 15.0. The lowest BCUT2D eigenvalue weighted by Gasteiger charge is -2.26. The van der Waals surface area contributed by atoms with Crippen LogP contribution in [0.25, 0.3) is 46.9 Å². The number of amides is 4. The molecular formula is C103H104Cl3F2N29O11. The molecule has 9 fully saturated rings. The number of esters is 2. The van der Waals surface area contributed by atoms with Crippen LogP contribution in [0.3, 0.4) is 0 Å². The van der Waals surface area contributed by atoms with Gasteiger partial charge in [0, 0.05) is 124 Å². The van der Waals surface area contributed by atoms with Gasteiger partial charge in [-0.05, 0) is 178 Å². The molecule has 148 heavy (non-hydrogen) atoms. The SMILES string of the molecule is C=C1/C(=C/c2cnn3c(NC4CC4)cc(Nc4cc(Cl)ccc4F)nc23)CC(=O)N1COC(=O)C(N)C(C)C.C=C1/C(=C/c2cnn3c(NC4CC4)cc(Nc4ccc(C#N)cc4Cl)nc23)CC(=O)N1CO.C=C1/C(=C/c2cnn3c(NC4CC4)cc(Nc4ccc(C#N)cc4Cl)nc23)CC(=O)N1COC(=O)C(C)N.C=C1NC(=O)C/C1=C\c1cnn2c(NC3CC3)cc(Nc3ccc(OCCN4CCOCC4)cc3F)nc12. The van der Waals surface area contributed by atoms with Gasteiger partial charge in [0.1, 0.15) is 89.3 Å². The zero-order chi connectivity index (χ0) is 104. The largest absolute Gasteiger partial charge is 0.492 e. The molecule has 5 saturated heterocycles. The minimum absolute atomic E-state index is 0.0722. The van der Waals surface area contributed by atoms with Crippen molar-refractivity contribution in [3.63, 3.8) is 0 Å². The average molecular weight is 2070 g/mol. The van der Waals surface area contributed by atoms with Crippen LogP contribution >= 0.6 is 34.8 Å². The summed E-state index contributed by atoms with van der Waals surface area (Å²) >= 11 is 18.8. The molecule has 0 spiro atoms. The number of aliphatic hydroxyl groups is 1. The van der Waals surface area contributed by atoms with E-state index in [0.29, 0.717) is 182 Å². The van der Waals surface area contributed by atoms with Gasteiger partial charge < -0.3 is 83.4 Å². The Morgan fingerprint density at radius 1 is 0.514 bits per heavy atom. The second-order valence-corrected chi connectivity index (χ2v) is 38.2. The summed E-state index contributed by atoms with van der Waals surface area (Å²) in [6, 6.07) is 30.3. The summed E-state index contributed by atoms with van der Waals surface area (Å²) in [7, 11) is 0. The Kier molecular flexibility index (Phi) is 30.6. The van der Waals surface area contributed by atoms with Crippen LogP contribution in [-0.2, 0) is 43.0 Å². The van der Waals surface area contributed by atoms with Crippen molar-refractivity contribution in [3.05, 3.63) is 253 Å². The molecule has 4 aromatic carbocycles. The number of benzene rings is 4. The van der Waals surface area contributed by atoms with Gasteiger partial charge in [-0.1, -0.05) is 75.0 Å². The maximum Gasteiger partial charge on any atom is 0.324 e. The summed E-state index contributed by atoms with van der Waals surface area (Å²) < 4.78 is 57.8. The molecule has 45 heteroatoms.